The van der Waals surface area contributed by atoms with Crippen molar-refractivity contribution in [3.63, 3.8) is 0 Å². The van der Waals surface area contributed by atoms with Crippen LogP contribution in [0.1, 0.15) is 35.6 Å². The minimum Gasteiger partial charge on any atom is -0.462 e. The molecule has 0 aliphatic rings. The maximum atomic E-state index is 12.5. The Kier molecular flexibility index (Phi) is 5.84. The zero-order valence-electron chi connectivity index (χ0n) is 15.0. The summed E-state index contributed by atoms with van der Waals surface area (Å²) in [7, 11) is 1.64. The van der Waals surface area contributed by atoms with Crippen LogP contribution in [0.25, 0.3) is 0 Å². The van der Waals surface area contributed by atoms with Gasteiger partial charge in [0.25, 0.3) is 0 Å². The van der Waals surface area contributed by atoms with Crippen molar-refractivity contribution in [1.29, 1.82) is 0 Å². The van der Waals surface area contributed by atoms with E-state index in [4.69, 9.17) is 16.3 Å². The molecule has 2 aromatic rings. The summed E-state index contributed by atoms with van der Waals surface area (Å²) in [6.07, 6.45) is 1.37. The number of aromatic nitrogens is 4. The first kappa shape index (κ1) is 19.0. The summed E-state index contributed by atoms with van der Waals surface area (Å²) in [5.74, 6) is -0.859. The summed E-state index contributed by atoms with van der Waals surface area (Å²) in [6.45, 7) is 7.78. The first-order valence-corrected chi connectivity index (χ1v) is 8.33. The normalized spacial score (nSPS) is 12.1. The molecule has 1 N–H and O–H groups in total. The third kappa shape index (κ3) is 4.01. The molecule has 0 aromatic carbocycles. The van der Waals surface area contributed by atoms with E-state index in [1.165, 1.54) is 10.9 Å². The number of rotatable bonds is 6. The number of aryl methyl sites for hydroxylation is 2. The molecule has 0 bridgehead atoms. The van der Waals surface area contributed by atoms with Crippen LogP contribution in [-0.2, 0) is 23.1 Å². The van der Waals surface area contributed by atoms with E-state index >= 15 is 0 Å². The van der Waals surface area contributed by atoms with Crippen molar-refractivity contribution in [2.24, 2.45) is 13.0 Å². The van der Waals surface area contributed by atoms with Crippen molar-refractivity contribution in [2.45, 2.75) is 34.2 Å². The van der Waals surface area contributed by atoms with Gasteiger partial charge >= 0.3 is 5.97 Å². The maximum Gasteiger partial charge on any atom is 0.343 e. The van der Waals surface area contributed by atoms with Gasteiger partial charge in [-0.3, -0.25) is 14.2 Å². The van der Waals surface area contributed by atoms with Gasteiger partial charge in [-0.1, -0.05) is 18.5 Å². The lowest BCUT2D eigenvalue weighted by Crippen LogP contribution is -2.27. The van der Waals surface area contributed by atoms with E-state index < -0.39 is 5.97 Å². The highest BCUT2D eigenvalue weighted by Gasteiger charge is 2.23. The summed E-state index contributed by atoms with van der Waals surface area (Å²) in [4.78, 5) is 24.5. The van der Waals surface area contributed by atoms with Gasteiger partial charge in [0.15, 0.2) is 0 Å². The van der Waals surface area contributed by atoms with E-state index in [-0.39, 0.29) is 24.0 Å². The molecular weight excluding hydrogens is 346 g/mol. The Labute approximate surface area is 151 Å². The van der Waals surface area contributed by atoms with Crippen molar-refractivity contribution in [2.75, 3.05) is 11.9 Å². The molecule has 0 spiro atoms. The number of carbonyl (C=O) groups is 2. The van der Waals surface area contributed by atoms with Crippen LogP contribution in [0.4, 0.5) is 5.82 Å². The van der Waals surface area contributed by atoms with E-state index in [1.54, 1.807) is 25.6 Å². The zero-order chi connectivity index (χ0) is 18.7. The molecule has 1 atom stereocenters. The molecule has 2 aromatic heterocycles. The topological polar surface area (TPSA) is 91.0 Å². The maximum absolute atomic E-state index is 12.5. The molecule has 0 saturated heterocycles. The number of ether oxygens (including phenoxy) is 1. The summed E-state index contributed by atoms with van der Waals surface area (Å²) < 4.78 is 8.11. The number of esters is 1. The molecule has 25 heavy (non-hydrogen) atoms. The number of anilines is 1. The Bertz CT molecular complexity index is 796. The van der Waals surface area contributed by atoms with Crippen LogP contribution >= 0.6 is 11.6 Å². The molecule has 1 unspecified atom stereocenters. The van der Waals surface area contributed by atoms with Crippen molar-refractivity contribution in [3.8, 4) is 0 Å². The molecular formula is C16H22ClN5O3. The third-order valence-corrected chi connectivity index (χ3v) is 4.41. The Hall–Kier alpha value is -2.35. The Morgan fingerprint density at radius 2 is 2.08 bits per heavy atom. The van der Waals surface area contributed by atoms with Crippen molar-refractivity contribution < 1.29 is 14.3 Å². The van der Waals surface area contributed by atoms with Crippen molar-refractivity contribution >= 4 is 29.3 Å². The molecule has 0 fully saturated rings. The van der Waals surface area contributed by atoms with Gasteiger partial charge in [-0.05, 0) is 20.8 Å². The lowest BCUT2D eigenvalue weighted by atomic mass is 10.1. The second kappa shape index (κ2) is 7.69. The van der Waals surface area contributed by atoms with Gasteiger partial charge < -0.3 is 10.1 Å². The van der Waals surface area contributed by atoms with Crippen LogP contribution in [0.2, 0.25) is 5.02 Å². The van der Waals surface area contributed by atoms with Gasteiger partial charge in [-0.2, -0.15) is 10.2 Å². The highest BCUT2D eigenvalue weighted by atomic mass is 35.5. The summed E-state index contributed by atoms with van der Waals surface area (Å²) in [5, 5.41) is 11.7. The Morgan fingerprint density at radius 1 is 1.40 bits per heavy atom. The van der Waals surface area contributed by atoms with E-state index in [1.807, 2.05) is 13.8 Å². The Morgan fingerprint density at radius 3 is 2.64 bits per heavy atom. The van der Waals surface area contributed by atoms with Gasteiger partial charge in [0, 0.05) is 7.05 Å². The van der Waals surface area contributed by atoms with Crippen LogP contribution in [0.15, 0.2) is 6.20 Å². The minimum atomic E-state index is -0.524. The van der Waals surface area contributed by atoms with Gasteiger partial charge in [0.1, 0.15) is 11.4 Å². The zero-order valence-corrected chi connectivity index (χ0v) is 15.7. The fourth-order valence-corrected chi connectivity index (χ4v) is 2.51. The van der Waals surface area contributed by atoms with Gasteiger partial charge in [0.2, 0.25) is 5.91 Å². The van der Waals surface area contributed by atoms with Crippen LogP contribution < -0.4 is 5.32 Å². The van der Waals surface area contributed by atoms with E-state index in [9.17, 15) is 9.59 Å². The van der Waals surface area contributed by atoms with Crippen LogP contribution in [-0.4, -0.2) is 38.0 Å². The monoisotopic (exact) mass is 367 g/mol. The predicted octanol–water partition coefficient (Wildman–Crippen LogP) is 2.34. The fraction of sp³-hybridized carbons (Fsp3) is 0.500. The fourth-order valence-electron chi connectivity index (χ4n) is 2.38. The third-order valence-electron chi connectivity index (χ3n) is 3.86. The average molecular weight is 368 g/mol. The van der Waals surface area contributed by atoms with Crippen LogP contribution in [0.5, 0.6) is 0 Å². The molecule has 136 valence electrons. The van der Waals surface area contributed by atoms with Crippen LogP contribution in [0.3, 0.4) is 0 Å². The number of halogens is 1. The van der Waals surface area contributed by atoms with Crippen molar-refractivity contribution in [3.05, 3.63) is 28.2 Å². The van der Waals surface area contributed by atoms with Crippen LogP contribution in [0, 0.1) is 19.8 Å². The second-order valence-electron chi connectivity index (χ2n) is 5.81. The molecule has 0 saturated carbocycles. The molecule has 0 aliphatic heterocycles. The highest BCUT2D eigenvalue weighted by molar-refractivity contribution is 6.31. The minimum absolute atomic E-state index is 0.221. The van der Waals surface area contributed by atoms with Gasteiger partial charge in [-0.15, -0.1) is 0 Å². The number of amides is 1. The first-order valence-electron chi connectivity index (χ1n) is 7.95. The average Bonchev–Trinajstić information content (AvgIpc) is 3.03. The first-order chi connectivity index (χ1) is 11.8. The Balaban J connectivity index is 2.12. The van der Waals surface area contributed by atoms with Gasteiger partial charge in [0.05, 0.1) is 41.7 Å². The van der Waals surface area contributed by atoms with E-state index in [0.717, 1.165) is 11.4 Å². The number of hydrogen-bond acceptors (Lipinski definition) is 5. The molecule has 2 heterocycles. The largest absolute Gasteiger partial charge is 0.462 e. The summed E-state index contributed by atoms with van der Waals surface area (Å²) in [6, 6.07) is 0. The summed E-state index contributed by atoms with van der Waals surface area (Å²) in [5.41, 5.74) is 1.76. The van der Waals surface area contributed by atoms with E-state index in [0.29, 0.717) is 17.4 Å². The lowest BCUT2D eigenvalue weighted by molar-refractivity contribution is -0.119. The highest BCUT2D eigenvalue weighted by Crippen LogP contribution is 2.21. The van der Waals surface area contributed by atoms with Gasteiger partial charge in [-0.25, -0.2) is 4.79 Å². The standard InChI is InChI=1S/C16H22ClN5O3/c1-6-25-16(24)12-7-18-21(5)14(12)19-15(23)9(2)8-22-11(4)13(17)10(3)20-22/h7,9H,6,8H2,1-5H3,(H,19,23). The second-order valence-corrected chi connectivity index (χ2v) is 6.19. The number of hydrogen-bond donors (Lipinski definition) is 1. The molecule has 8 nitrogen and oxygen atoms in total. The van der Waals surface area contributed by atoms with E-state index in [2.05, 4.69) is 15.5 Å². The molecule has 0 radical (unpaired) electrons. The quantitative estimate of drug-likeness (QED) is 0.791. The van der Waals surface area contributed by atoms with Crippen molar-refractivity contribution in [1.82, 2.24) is 19.6 Å². The summed E-state index contributed by atoms with van der Waals surface area (Å²) >= 11 is 6.14. The molecule has 9 heteroatoms. The molecule has 1 amide bonds. The lowest BCUT2D eigenvalue weighted by Gasteiger charge is -2.14. The molecule has 2 rings (SSSR count). The number of carbonyl (C=O) groups excluding carboxylic acids is 2. The molecule has 0 aliphatic carbocycles. The SMILES string of the molecule is CCOC(=O)c1cnn(C)c1NC(=O)C(C)Cn1nc(C)c(Cl)c1C. The smallest absolute Gasteiger partial charge is 0.343 e. The number of nitrogens with one attached hydrogen (secondary N) is 1. The number of nitrogens with zero attached hydrogens (tertiary/aromatic N) is 4. The predicted molar refractivity (Wildman–Crippen MR) is 93.7 cm³/mol.